The predicted octanol–water partition coefficient (Wildman–Crippen LogP) is 3.19. The number of Topliss-reactive ketones (excluding diaryl/α,β-unsaturated/α-hetero) is 1. The van der Waals surface area contributed by atoms with Crippen LogP contribution in [0, 0.1) is 11.8 Å². The Morgan fingerprint density at radius 2 is 1.96 bits per heavy atom. The highest BCUT2D eigenvalue weighted by molar-refractivity contribution is 5.84. The molecule has 0 aliphatic heterocycles. The van der Waals surface area contributed by atoms with E-state index >= 15 is 0 Å². The van der Waals surface area contributed by atoms with Crippen LogP contribution in [0.4, 0.5) is 0 Å². The number of carbonyl (C=O) groups excluding carboxylic acids is 1. The molecule has 0 spiro atoms. The van der Waals surface area contributed by atoms with Crippen molar-refractivity contribution in [2.45, 2.75) is 76.9 Å². The first-order valence-corrected chi connectivity index (χ1v) is 8.90. The molecule has 1 aliphatic carbocycles. The van der Waals surface area contributed by atoms with E-state index in [0.717, 1.165) is 32.1 Å². The summed E-state index contributed by atoms with van der Waals surface area (Å²) in [5, 5.41) is 27.4. The minimum absolute atomic E-state index is 0.0981. The largest absolute Gasteiger partial charge is 0.481 e. The summed E-state index contributed by atoms with van der Waals surface area (Å²) in [6.07, 6.45) is 8.61. The third-order valence-corrected chi connectivity index (χ3v) is 4.72. The molecule has 0 aromatic heterocycles. The van der Waals surface area contributed by atoms with E-state index in [2.05, 4.69) is 4.89 Å². The molecule has 1 aliphatic rings. The molecule has 1 fully saturated rings. The van der Waals surface area contributed by atoms with Crippen LogP contribution in [0.2, 0.25) is 0 Å². The number of hydrogen-bond donors (Lipinski definition) is 3. The Kier molecular flexibility index (Phi) is 9.83. The third-order valence-electron chi connectivity index (χ3n) is 4.72. The number of aliphatic hydroxyl groups excluding tert-OH is 1. The smallest absolute Gasteiger partial charge is 0.303 e. The molecule has 4 atom stereocenters. The van der Waals surface area contributed by atoms with Gasteiger partial charge in [0.2, 0.25) is 0 Å². The second kappa shape index (κ2) is 11.3. The molecule has 1 unspecified atom stereocenters. The van der Waals surface area contributed by atoms with E-state index in [1.165, 1.54) is 0 Å². The van der Waals surface area contributed by atoms with Crippen molar-refractivity contribution in [2.24, 2.45) is 11.8 Å². The van der Waals surface area contributed by atoms with Gasteiger partial charge < -0.3 is 10.2 Å². The summed E-state index contributed by atoms with van der Waals surface area (Å²) in [4.78, 5) is 26.8. The van der Waals surface area contributed by atoms with Crippen molar-refractivity contribution in [3.05, 3.63) is 12.2 Å². The highest BCUT2D eigenvalue weighted by Crippen LogP contribution is 2.34. The number of rotatable bonds is 12. The fourth-order valence-electron chi connectivity index (χ4n) is 3.26. The molecule has 0 aromatic rings. The average molecular weight is 342 g/mol. The quantitative estimate of drug-likeness (QED) is 0.218. The molecule has 24 heavy (non-hydrogen) atoms. The topological polar surface area (TPSA) is 104 Å². The minimum atomic E-state index is -0.757. The van der Waals surface area contributed by atoms with E-state index in [0.29, 0.717) is 12.8 Å². The highest BCUT2D eigenvalue weighted by Gasteiger charge is 2.39. The lowest BCUT2D eigenvalue weighted by Crippen LogP contribution is -2.19. The number of carboxylic acids is 1. The van der Waals surface area contributed by atoms with Crippen molar-refractivity contribution in [3.63, 3.8) is 0 Å². The van der Waals surface area contributed by atoms with E-state index < -0.39 is 18.2 Å². The number of carbonyl (C=O) groups is 2. The first-order chi connectivity index (χ1) is 11.5. The predicted molar refractivity (Wildman–Crippen MR) is 89.5 cm³/mol. The SMILES string of the molecule is CCC(/C=C/[C@H]1[C@H](O)CC(=O)[C@@H]1CCCCCCCC(=O)O)OO. The van der Waals surface area contributed by atoms with Crippen molar-refractivity contribution >= 4 is 11.8 Å². The number of unbranched alkanes of at least 4 members (excludes halogenated alkanes) is 4. The second-order valence-corrected chi connectivity index (χ2v) is 6.56. The standard InChI is InChI=1S/C18H30O6/c1-2-13(24-23)10-11-15-14(16(19)12-17(15)20)8-6-4-3-5-7-9-18(21)22/h10-11,13-15,17,20,23H,2-9,12H2,1H3,(H,21,22)/b11-10+/t13?,14-,15-,17-/m1/s1. The highest BCUT2D eigenvalue weighted by atomic mass is 17.1. The number of aliphatic carboxylic acids is 1. The fraction of sp³-hybridized carbons (Fsp3) is 0.778. The zero-order valence-electron chi connectivity index (χ0n) is 14.4. The van der Waals surface area contributed by atoms with Crippen molar-refractivity contribution in [3.8, 4) is 0 Å². The molecule has 3 N–H and O–H groups in total. The van der Waals surface area contributed by atoms with Crippen LogP contribution in [0.1, 0.15) is 64.7 Å². The molecule has 1 rings (SSSR count). The fourth-order valence-corrected chi connectivity index (χ4v) is 3.26. The first kappa shape index (κ1) is 20.8. The number of carboxylic acid groups (broad SMARTS) is 1. The zero-order chi connectivity index (χ0) is 17.9. The van der Waals surface area contributed by atoms with Crippen molar-refractivity contribution < 1.29 is 29.9 Å². The van der Waals surface area contributed by atoms with Gasteiger partial charge in [-0.25, -0.2) is 4.89 Å². The Morgan fingerprint density at radius 1 is 1.29 bits per heavy atom. The third kappa shape index (κ3) is 7.11. The maximum absolute atomic E-state index is 12.1. The van der Waals surface area contributed by atoms with E-state index in [4.69, 9.17) is 10.4 Å². The van der Waals surface area contributed by atoms with Gasteiger partial charge in [0.05, 0.1) is 6.10 Å². The molecule has 0 radical (unpaired) electrons. The molecule has 6 heteroatoms. The molecule has 138 valence electrons. The number of ketones is 1. The molecular formula is C18H30O6. The number of hydrogen-bond acceptors (Lipinski definition) is 5. The Morgan fingerprint density at radius 3 is 2.58 bits per heavy atom. The van der Waals surface area contributed by atoms with Gasteiger partial charge in [0, 0.05) is 24.7 Å². The Labute approximate surface area is 143 Å². The Bertz CT molecular complexity index is 416. The van der Waals surface area contributed by atoms with E-state index in [1.54, 1.807) is 12.2 Å². The summed E-state index contributed by atoms with van der Waals surface area (Å²) in [5.74, 6) is -1.05. The Hall–Kier alpha value is -1.24. The van der Waals surface area contributed by atoms with Crippen LogP contribution >= 0.6 is 0 Å². The average Bonchev–Trinajstić information content (AvgIpc) is 2.81. The van der Waals surface area contributed by atoms with Gasteiger partial charge in [-0.2, -0.15) is 0 Å². The maximum Gasteiger partial charge on any atom is 0.303 e. The monoisotopic (exact) mass is 342 g/mol. The summed E-state index contributed by atoms with van der Waals surface area (Å²) in [5.41, 5.74) is 0. The summed E-state index contributed by atoms with van der Waals surface area (Å²) < 4.78 is 0. The van der Waals surface area contributed by atoms with E-state index in [-0.39, 0.29) is 30.5 Å². The lowest BCUT2D eigenvalue weighted by molar-refractivity contribution is -0.266. The van der Waals surface area contributed by atoms with Gasteiger partial charge in [0.1, 0.15) is 11.9 Å². The van der Waals surface area contributed by atoms with Gasteiger partial charge in [-0.05, 0) is 19.3 Å². The van der Waals surface area contributed by atoms with Crippen LogP contribution in [0.5, 0.6) is 0 Å². The van der Waals surface area contributed by atoms with Crippen molar-refractivity contribution in [1.82, 2.24) is 0 Å². The van der Waals surface area contributed by atoms with Gasteiger partial charge in [-0.3, -0.25) is 14.8 Å². The van der Waals surface area contributed by atoms with E-state index in [9.17, 15) is 14.7 Å². The maximum atomic E-state index is 12.1. The molecule has 6 nitrogen and oxygen atoms in total. The van der Waals surface area contributed by atoms with Crippen molar-refractivity contribution in [1.29, 1.82) is 0 Å². The van der Waals surface area contributed by atoms with Gasteiger partial charge >= 0.3 is 5.97 Å². The molecule has 0 heterocycles. The Balaban J connectivity index is 2.37. The lowest BCUT2D eigenvalue weighted by atomic mass is 9.88. The summed E-state index contributed by atoms with van der Waals surface area (Å²) in [6, 6.07) is 0. The second-order valence-electron chi connectivity index (χ2n) is 6.56. The van der Waals surface area contributed by atoms with Crippen LogP contribution in [0.15, 0.2) is 12.2 Å². The van der Waals surface area contributed by atoms with Gasteiger partial charge in [-0.15, -0.1) is 0 Å². The van der Waals surface area contributed by atoms with Gasteiger partial charge in [-0.1, -0.05) is 44.8 Å². The van der Waals surface area contributed by atoms with Crippen molar-refractivity contribution in [2.75, 3.05) is 0 Å². The van der Waals surface area contributed by atoms with Gasteiger partial charge in [0.25, 0.3) is 0 Å². The molecule has 1 saturated carbocycles. The van der Waals surface area contributed by atoms with Gasteiger partial charge in [0.15, 0.2) is 0 Å². The minimum Gasteiger partial charge on any atom is -0.481 e. The molecule has 0 aromatic carbocycles. The summed E-state index contributed by atoms with van der Waals surface area (Å²) in [7, 11) is 0. The van der Waals surface area contributed by atoms with Crippen LogP contribution in [-0.2, 0) is 14.5 Å². The molecular weight excluding hydrogens is 312 g/mol. The number of aliphatic hydroxyl groups is 1. The summed E-state index contributed by atoms with van der Waals surface area (Å²) in [6.45, 7) is 1.88. The first-order valence-electron chi connectivity index (χ1n) is 8.90. The van der Waals surface area contributed by atoms with E-state index in [1.807, 2.05) is 6.92 Å². The molecule has 0 amide bonds. The summed E-state index contributed by atoms with van der Waals surface area (Å²) >= 11 is 0. The van der Waals surface area contributed by atoms with Crippen LogP contribution in [-0.4, -0.2) is 39.4 Å². The van der Waals surface area contributed by atoms with Crippen LogP contribution in [0.25, 0.3) is 0 Å². The molecule has 0 bridgehead atoms. The van der Waals surface area contributed by atoms with Crippen LogP contribution in [0.3, 0.4) is 0 Å². The molecule has 0 saturated heterocycles. The zero-order valence-corrected chi connectivity index (χ0v) is 14.4. The van der Waals surface area contributed by atoms with Crippen LogP contribution < -0.4 is 0 Å². The normalized spacial score (nSPS) is 25.5. The lowest BCUT2D eigenvalue weighted by Gasteiger charge is -2.18.